The molecule has 0 fully saturated rings. The zero-order valence-electron chi connectivity index (χ0n) is 14.3. The molecule has 0 unspecified atom stereocenters. The maximum atomic E-state index is 12.8. The fourth-order valence-corrected chi connectivity index (χ4v) is 4.85. The minimum atomic E-state index is -0.229. The number of benzene rings is 1. The molecule has 26 heavy (non-hydrogen) atoms. The first-order valence-corrected chi connectivity index (χ1v) is 9.77. The summed E-state index contributed by atoms with van der Waals surface area (Å²) in [5.74, 6) is -0.229. The Morgan fingerprint density at radius 2 is 2.27 bits per heavy atom. The molecule has 2 heterocycles. The number of amides is 1. The highest BCUT2D eigenvalue weighted by Gasteiger charge is 2.22. The van der Waals surface area contributed by atoms with Crippen LogP contribution in [0.15, 0.2) is 35.4 Å². The average Bonchev–Trinajstić information content (AvgIpc) is 3.18. The minimum Gasteiger partial charge on any atom is -0.348 e. The third-order valence-electron chi connectivity index (χ3n) is 4.73. The Hall–Kier alpha value is -2.18. The number of fused-ring (bicyclic) bond motifs is 3. The van der Waals surface area contributed by atoms with E-state index in [-0.39, 0.29) is 24.1 Å². The van der Waals surface area contributed by atoms with Gasteiger partial charge in [0.1, 0.15) is 11.4 Å². The van der Waals surface area contributed by atoms with Crippen molar-refractivity contribution in [3.63, 3.8) is 0 Å². The fourth-order valence-electron chi connectivity index (χ4n) is 3.43. The average molecular weight is 388 g/mol. The number of rotatable bonds is 4. The second-order valence-corrected chi connectivity index (χ2v) is 8.08. The maximum absolute atomic E-state index is 12.8. The van der Waals surface area contributed by atoms with Crippen LogP contribution in [-0.2, 0) is 24.2 Å². The van der Waals surface area contributed by atoms with Gasteiger partial charge in [-0.25, -0.2) is 4.98 Å². The number of aromatic nitrogens is 2. The molecule has 3 aromatic rings. The number of carbonyl (C=O) groups excluding carboxylic acids is 1. The molecule has 134 valence electrons. The molecule has 0 saturated carbocycles. The van der Waals surface area contributed by atoms with E-state index in [1.807, 2.05) is 25.1 Å². The number of halogens is 1. The van der Waals surface area contributed by atoms with Gasteiger partial charge in [-0.1, -0.05) is 23.7 Å². The van der Waals surface area contributed by atoms with Crippen molar-refractivity contribution in [2.45, 2.75) is 38.8 Å². The van der Waals surface area contributed by atoms with E-state index < -0.39 is 0 Å². The number of aryl methyl sites for hydroxylation is 2. The highest BCUT2D eigenvalue weighted by Crippen LogP contribution is 2.34. The van der Waals surface area contributed by atoms with E-state index in [0.29, 0.717) is 10.4 Å². The number of nitrogens with zero attached hydrogens (tertiary/aromatic N) is 2. The summed E-state index contributed by atoms with van der Waals surface area (Å²) < 4.78 is 1.40. The first kappa shape index (κ1) is 17.2. The summed E-state index contributed by atoms with van der Waals surface area (Å²) in [6.45, 7) is 1.84. The van der Waals surface area contributed by atoms with E-state index in [0.717, 1.165) is 35.2 Å². The quantitative estimate of drug-likeness (QED) is 0.745. The number of nitrogens with one attached hydrogen (secondary N) is 1. The lowest BCUT2D eigenvalue weighted by Crippen LogP contribution is -2.34. The number of hydrogen-bond donors (Lipinski definition) is 1. The molecule has 4 rings (SSSR count). The van der Waals surface area contributed by atoms with Crippen LogP contribution in [0.4, 0.5) is 0 Å². The van der Waals surface area contributed by atoms with Gasteiger partial charge in [-0.15, -0.1) is 11.3 Å². The Kier molecular flexibility index (Phi) is 4.54. The van der Waals surface area contributed by atoms with Gasteiger partial charge in [0.05, 0.1) is 17.8 Å². The van der Waals surface area contributed by atoms with Gasteiger partial charge in [-0.3, -0.25) is 14.2 Å². The van der Waals surface area contributed by atoms with Crippen LogP contribution >= 0.6 is 22.9 Å². The molecular weight excluding hydrogens is 370 g/mol. The van der Waals surface area contributed by atoms with Crippen molar-refractivity contribution in [2.24, 2.45) is 0 Å². The molecule has 5 nitrogen and oxygen atoms in total. The van der Waals surface area contributed by atoms with Gasteiger partial charge in [0, 0.05) is 9.90 Å². The van der Waals surface area contributed by atoms with Crippen LogP contribution in [0.3, 0.4) is 0 Å². The first-order valence-electron chi connectivity index (χ1n) is 8.57. The van der Waals surface area contributed by atoms with Gasteiger partial charge in [-0.05, 0) is 49.4 Å². The summed E-state index contributed by atoms with van der Waals surface area (Å²) >= 11 is 7.60. The second kappa shape index (κ2) is 6.85. The summed E-state index contributed by atoms with van der Waals surface area (Å²) in [6, 6.07) is 7.17. The van der Waals surface area contributed by atoms with E-state index >= 15 is 0 Å². The van der Waals surface area contributed by atoms with Crippen molar-refractivity contribution in [2.75, 3.05) is 0 Å². The monoisotopic (exact) mass is 387 g/mol. The third kappa shape index (κ3) is 3.15. The Labute approximate surface area is 159 Å². The van der Waals surface area contributed by atoms with Gasteiger partial charge in [-0.2, -0.15) is 0 Å². The molecule has 7 heteroatoms. The van der Waals surface area contributed by atoms with Crippen molar-refractivity contribution < 1.29 is 4.79 Å². The van der Waals surface area contributed by atoms with Gasteiger partial charge in [0.15, 0.2) is 0 Å². The normalized spacial score (nSPS) is 14.4. The van der Waals surface area contributed by atoms with E-state index in [2.05, 4.69) is 10.3 Å². The Balaban J connectivity index is 1.54. The predicted octanol–water partition coefficient (Wildman–Crippen LogP) is 3.48. The highest BCUT2D eigenvalue weighted by atomic mass is 35.5. The largest absolute Gasteiger partial charge is 0.348 e. The highest BCUT2D eigenvalue weighted by molar-refractivity contribution is 7.18. The molecule has 0 spiro atoms. The second-order valence-electron chi connectivity index (χ2n) is 6.56. The van der Waals surface area contributed by atoms with Crippen molar-refractivity contribution in [3.8, 4) is 0 Å². The van der Waals surface area contributed by atoms with Gasteiger partial charge < -0.3 is 5.32 Å². The first-order chi connectivity index (χ1) is 12.5. The molecule has 0 aliphatic heterocycles. The lowest BCUT2D eigenvalue weighted by atomic mass is 10.1. The summed E-state index contributed by atoms with van der Waals surface area (Å²) in [5.41, 5.74) is 1.92. The zero-order chi connectivity index (χ0) is 18.3. The summed E-state index contributed by atoms with van der Waals surface area (Å²) in [5, 5.41) is 4.23. The lowest BCUT2D eigenvalue weighted by Gasteiger charge is -2.15. The van der Waals surface area contributed by atoms with Crippen LogP contribution in [0.25, 0.3) is 10.2 Å². The summed E-state index contributed by atoms with van der Waals surface area (Å²) in [4.78, 5) is 31.7. The van der Waals surface area contributed by atoms with Gasteiger partial charge in [0.25, 0.3) is 5.56 Å². The Morgan fingerprint density at radius 1 is 1.42 bits per heavy atom. The number of carbonyl (C=O) groups is 1. The Bertz CT molecular complexity index is 1060. The molecule has 1 aliphatic rings. The molecule has 2 aromatic heterocycles. The third-order valence-corrected chi connectivity index (χ3v) is 6.17. The summed E-state index contributed by atoms with van der Waals surface area (Å²) in [6.07, 6.45) is 4.50. The standard InChI is InChI=1S/C19H18ClN3O2S/c1-11(12-4-2-5-13(20)8-12)22-16(24)9-23-10-21-18-17(19(23)25)14-6-3-7-15(14)26-18/h2,4-5,8,10-11H,3,6-7,9H2,1H3,(H,22,24)/t11-/m0/s1. The van der Waals surface area contributed by atoms with Crippen LogP contribution in [-0.4, -0.2) is 15.5 Å². The minimum absolute atomic E-state index is 0.0443. The van der Waals surface area contributed by atoms with Gasteiger partial charge >= 0.3 is 0 Å². The molecule has 1 aliphatic carbocycles. The zero-order valence-corrected chi connectivity index (χ0v) is 15.9. The van der Waals surface area contributed by atoms with E-state index in [1.54, 1.807) is 17.4 Å². The fraction of sp³-hybridized carbons (Fsp3) is 0.316. The molecule has 0 bridgehead atoms. The van der Waals surface area contributed by atoms with Crippen LogP contribution < -0.4 is 10.9 Å². The van der Waals surface area contributed by atoms with Crippen molar-refractivity contribution in [3.05, 3.63) is 62.0 Å². The topological polar surface area (TPSA) is 64.0 Å². The van der Waals surface area contributed by atoms with Crippen LogP contribution in [0.1, 0.15) is 35.4 Å². The number of thiophene rings is 1. The van der Waals surface area contributed by atoms with E-state index in [1.165, 1.54) is 15.8 Å². The summed E-state index contributed by atoms with van der Waals surface area (Å²) in [7, 11) is 0. The predicted molar refractivity (Wildman–Crippen MR) is 104 cm³/mol. The molecule has 1 aromatic carbocycles. The molecule has 0 saturated heterocycles. The molecule has 1 N–H and O–H groups in total. The molecule has 1 atom stereocenters. The maximum Gasteiger partial charge on any atom is 0.262 e. The van der Waals surface area contributed by atoms with Crippen LogP contribution in [0.2, 0.25) is 5.02 Å². The lowest BCUT2D eigenvalue weighted by molar-refractivity contribution is -0.122. The van der Waals surface area contributed by atoms with Crippen molar-refractivity contribution in [1.29, 1.82) is 0 Å². The van der Waals surface area contributed by atoms with Crippen LogP contribution in [0, 0.1) is 0 Å². The van der Waals surface area contributed by atoms with E-state index in [4.69, 9.17) is 11.6 Å². The van der Waals surface area contributed by atoms with Gasteiger partial charge in [0.2, 0.25) is 5.91 Å². The molecule has 0 radical (unpaired) electrons. The molecule has 1 amide bonds. The van der Waals surface area contributed by atoms with Crippen LogP contribution in [0.5, 0.6) is 0 Å². The SMILES string of the molecule is C[C@H](NC(=O)Cn1cnc2sc3c(c2c1=O)CCC3)c1cccc(Cl)c1. The van der Waals surface area contributed by atoms with Crippen molar-refractivity contribution in [1.82, 2.24) is 14.9 Å². The van der Waals surface area contributed by atoms with E-state index in [9.17, 15) is 9.59 Å². The molecular formula is C19H18ClN3O2S. The number of hydrogen-bond acceptors (Lipinski definition) is 4. The smallest absolute Gasteiger partial charge is 0.262 e. The Morgan fingerprint density at radius 3 is 3.08 bits per heavy atom. The van der Waals surface area contributed by atoms with Crippen molar-refractivity contribution >= 4 is 39.1 Å².